The molecule has 0 atom stereocenters. The van der Waals surface area contributed by atoms with Crippen molar-refractivity contribution < 1.29 is 0 Å². The van der Waals surface area contributed by atoms with E-state index >= 15 is 0 Å². The van der Waals surface area contributed by atoms with Crippen molar-refractivity contribution in [2.45, 2.75) is 55.4 Å². The molecule has 0 aliphatic heterocycles. The maximum Gasteiger partial charge on any atom is 0.169 e. The topological polar surface area (TPSA) is 81.5 Å². The lowest BCUT2D eigenvalue weighted by Gasteiger charge is -2.17. The van der Waals surface area contributed by atoms with Gasteiger partial charge in [0, 0.05) is 27.9 Å². The molecular weight excluding hydrogens is 731 g/mol. The lowest BCUT2D eigenvalue weighted by Crippen LogP contribution is -2.05. The third-order valence-corrected chi connectivity index (χ3v) is 10.4. The first kappa shape index (κ1) is 41.3. The van der Waals surface area contributed by atoms with Crippen LogP contribution >= 0.6 is 23.2 Å². The smallest absolute Gasteiger partial charge is 0.169 e. The number of hydrogen-bond donors (Lipinski definition) is 1. The summed E-state index contributed by atoms with van der Waals surface area (Å²) in [5.41, 5.74) is 21.1. The Morgan fingerprint density at radius 1 is 0.482 bits per heavy atom. The second kappa shape index (κ2) is 19.2. The molecule has 0 aliphatic carbocycles. The predicted molar refractivity (Wildman–Crippen MR) is 239 cm³/mol. The molecule has 0 aliphatic rings. The highest BCUT2D eigenvalue weighted by atomic mass is 35.5. The van der Waals surface area contributed by atoms with Crippen LogP contribution < -0.4 is 5.73 Å². The zero-order valence-electron chi connectivity index (χ0n) is 33.3. The van der Waals surface area contributed by atoms with Crippen LogP contribution in [0.5, 0.6) is 0 Å². The van der Waals surface area contributed by atoms with Crippen molar-refractivity contribution in [1.82, 2.24) is 14.8 Å². The van der Waals surface area contributed by atoms with E-state index in [1.807, 2.05) is 113 Å². The number of aryl methyl sites for hydroxylation is 6. The van der Waals surface area contributed by atoms with Gasteiger partial charge in [-0.2, -0.15) is 0 Å². The third-order valence-electron chi connectivity index (χ3n) is 9.81. The number of aromatic nitrogens is 3. The van der Waals surface area contributed by atoms with Gasteiger partial charge in [0.15, 0.2) is 22.0 Å². The van der Waals surface area contributed by atoms with Crippen LogP contribution in [0, 0.1) is 55.4 Å². The van der Waals surface area contributed by atoms with E-state index in [2.05, 4.69) is 101 Å². The second-order valence-corrected chi connectivity index (χ2v) is 14.5. The van der Waals surface area contributed by atoms with E-state index < -0.39 is 0 Å². The standard InChI is InChI=1S/C24H23N3.C16H14Cl2N2.C8H11N/c1-16-10-9-15-21(19(16)4)24-26-25-23(20-13-6-5-7-14-20)27(24)22-17(2)11-8-12-18(22)3;1-11-7-6-10-14(12(11)2)16(18)20-19-15(17)13-8-4-3-5-9-13;1-6-4-3-5-7(2)8(6)9/h5-15H,1-4H3;3-10H,1-2H3;3-5H,9H2,1-2H3/b;19-15-,20-16-;. The maximum absolute atomic E-state index is 6.20. The Labute approximate surface area is 341 Å². The van der Waals surface area contributed by atoms with Crippen molar-refractivity contribution in [3.05, 3.63) is 189 Å². The molecule has 7 aromatic rings. The van der Waals surface area contributed by atoms with Gasteiger partial charge in [-0.25, -0.2) is 0 Å². The molecule has 0 saturated heterocycles. The number of anilines is 1. The molecule has 56 heavy (non-hydrogen) atoms. The molecule has 284 valence electrons. The summed E-state index contributed by atoms with van der Waals surface area (Å²) in [6.07, 6.45) is 0. The summed E-state index contributed by atoms with van der Waals surface area (Å²) < 4.78 is 2.21. The quantitative estimate of drug-likeness (QED) is 0.104. The first-order chi connectivity index (χ1) is 26.9. The van der Waals surface area contributed by atoms with E-state index in [0.29, 0.717) is 10.3 Å². The molecule has 2 N–H and O–H groups in total. The fourth-order valence-corrected chi connectivity index (χ4v) is 6.58. The van der Waals surface area contributed by atoms with E-state index in [0.717, 1.165) is 67.5 Å². The first-order valence-electron chi connectivity index (χ1n) is 18.4. The zero-order chi connectivity index (χ0) is 40.4. The molecule has 8 heteroatoms. The highest BCUT2D eigenvalue weighted by molar-refractivity contribution is 6.71. The summed E-state index contributed by atoms with van der Waals surface area (Å²) in [7, 11) is 0. The van der Waals surface area contributed by atoms with Crippen molar-refractivity contribution in [1.29, 1.82) is 0 Å². The van der Waals surface area contributed by atoms with Gasteiger partial charge in [-0.1, -0.05) is 157 Å². The number of nitrogens with zero attached hydrogens (tertiary/aromatic N) is 5. The van der Waals surface area contributed by atoms with E-state index in [-0.39, 0.29) is 0 Å². The van der Waals surface area contributed by atoms with Crippen molar-refractivity contribution in [3.63, 3.8) is 0 Å². The SMILES string of the molecule is Cc1cccc(-c2nnc(-c3ccccc3)n2-c2c(C)cccc2C)c1C.Cc1cccc(/C(Cl)=N/N=C(\Cl)c2ccccc2)c1C.Cc1cccc(C)c1N. The summed E-state index contributed by atoms with van der Waals surface area (Å²) in [5.74, 6) is 1.75. The van der Waals surface area contributed by atoms with E-state index in [1.54, 1.807) is 0 Å². The molecule has 7 rings (SSSR count). The van der Waals surface area contributed by atoms with Crippen LogP contribution in [0.1, 0.15) is 55.6 Å². The second-order valence-electron chi connectivity index (χ2n) is 13.7. The monoisotopic (exact) mass is 778 g/mol. The Hall–Kier alpha value is -5.82. The predicted octanol–water partition coefficient (Wildman–Crippen LogP) is 12.6. The summed E-state index contributed by atoms with van der Waals surface area (Å²) >= 11 is 12.3. The highest BCUT2D eigenvalue weighted by Gasteiger charge is 2.21. The highest BCUT2D eigenvalue weighted by Crippen LogP contribution is 2.33. The van der Waals surface area contributed by atoms with Crippen LogP contribution in [-0.2, 0) is 0 Å². The number of halogens is 2. The Morgan fingerprint density at radius 2 is 0.946 bits per heavy atom. The Kier molecular flexibility index (Phi) is 14.1. The minimum Gasteiger partial charge on any atom is -0.398 e. The first-order valence-corrected chi connectivity index (χ1v) is 19.2. The summed E-state index contributed by atoms with van der Waals surface area (Å²) in [6, 6.07) is 44.4. The average Bonchev–Trinajstić information content (AvgIpc) is 3.63. The minimum atomic E-state index is 0.314. The van der Waals surface area contributed by atoms with E-state index in [4.69, 9.17) is 28.9 Å². The van der Waals surface area contributed by atoms with Crippen LogP contribution in [-0.4, -0.2) is 25.1 Å². The number of nitrogen functional groups attached to an aromatic ring is 1. The van der Waals surface area contributed by atoms with Crippen LogP contribution in [0.25, 0.3) is 28.5 Å². The number of hydrogen-bond acceptors (Lipinski definition) is 5. The molecule has 0 bridgehead atoms. The fraction of sp³-hybridized carbons (Fsp3) is 0.167. The van der Waals surface area contributed by atoms with Crippen molar-refractivity contribution in [2.75, 3.05) is 5.73 Å². The molecule has 0 radical (unpaired) electrons. The van der Waals surface area contributed by atoms with Gasteiger partial charge in [0.25, 0.3) is 0 Å². The lowest BCUT2D eigenvalue weighted by atomic mass is 10.0. The lowest BCUT2D eigenvalue weighted by molar-refractivity contribution is 1.03. The molecule has 0 amide bonds. The fourth-order valence-electron chi connectivity index (χ4n) is 6.17. The number of nitrogens with two attached hydrogens (primary N) is 1. The third kappa shape index (κ3) is 9.88. The Morgan fingerprint density at radius 3 is 1.54 bits per heavy atom. The van der Waals surface area contributed by atoms with Crippen molar-refractivity contribution >= 4 is 39.2 Å². The Balaban J connectivity index is 0.000000181. The van der Waals surface area contributed by atoms with Gasteiger partial charge < -0.3 is 5.73 Å². The molecule has 0 fully saturated rings. The number of rotatable bonds is 6. The summed E-state index contributed by atoms with van der Waals surface area (Å²) in [6.45, 7) is 16.6. The normalized spacial score (nSPS) is 11.3. The van der Waals surface area contributed by atoms with Crippen molar-refractivity contribution in [2.24, 2.45) is 10.2 Å². The molecular formula is C48H48Cl2N6. The molecule has 1 heterocycles. The maximum atomic E-state index is 6.20. The van der Waals surface area contributed by atoms with Crippen LogP contribution in [0.2, 0.25) is 0 Å². The number of para-hydroxylation sites is 2. The van der Waals surface area contributed by atoms with Gasteiger partial charge >= 0.3 is 0 Å². The van der Waals surface area contributed by atoms with Gasteiger partial charge in [0.05, 0.1) is 5.69 Å². The van der Waals surface area contributed by atoms with Gasteiger partial charge in [-0.3, -0.25) is 4.57 Å². The van der Waals surface area contributed by atoms with E-state index in [1.165, 1.54) is 22.3 Å². The molecule has 0 unspecified atom stereocenters. The zero-order valence-corrected chi connectivity index (χ0v) is 34.8. The van der Waals surface area contributed by atoms with Gasteiger partial charge in [0.2, 0.25) is 0 Å². The molecule has 0 spiro atoms. The number of benzene rings is 6. The Bertz CT molecular complexity index is 2440. The molecule has 1 aromatic heterocycles. The molecule has 6 nitrogen and oxygen atoms in total. The largest absolute Gasteiger partial charge is 0.398 e. The van der Waals surface area contributed by atoms with Gasteiger partial charge in [-0.15, -0.1) is 20.4 Å². The van der Waals surface area contributed by atoms with Crippen molar-refractivity contribution in [3.8, 4) is 28.5 Å². The summed E-state index contributed by atoms with van der Waals surface area (Å²) in [5, 5.41) is 17.9. The van der Waals surface area contributed by atoms with Crippen LogP contribution in [0.15, 0.2) is 144 Å². The molecule has 6 aromatic carbocycles. The summed E-state index contributed by atoms with van der Waals surface area (Å²) in [4.78, 5) is 0. The van der Waals surface area contributed by atoms with Gasteiger partial charge in [0.1, 0.15) is 0 Å². The van der Waals surface area contributed by atoms with E-state index in [9.17, 15) is 0 Å². The van der Waals surface area contributed by atoms with Gasteiger partial charge in [-0.05, 0) is 99.9 Å². The van der Waals surface area contributed by atoms with Crippen LogP contribution in [0.3, 0.4) is 0 Å². The molecule has 0 saturated carbocycles. The minimum absolute atomic E-state index is 0.314. The van der Waals surface area contributed by atoms with Crippen LogP contribution in [0.4, 0.5) is 5.69 Å². The average molecular weight is 780 g/mol.